The first-order valence-electron chi connectivity index (χ1n) is 8.95. The second-order valence-corrected chi connectivity index (χ2v) is 6.64. The highest BCUT2D eigenvalue weighted by molar-refractivity contribution is 5.99. The summed E-state index contributed by atoms with van der Waals surface area (Å²) >= 11 is 0. The van der Waals surface area contributed by atoms with Crippen molar-refractivity contribution in [2.24, 2.45) is 0 Å². The van der Waals surface area contributed by atoms with E-state index < -0.39 is 0 Å². The van der Waals surface area contributed by atoms with Gasteiger partial charge in [0, 0.05) is 36.1 Å². The van der Waals surface area contributed by atoms with Crippen LogP contribution in [-0.2, 0) is 17.8 Å². The molecule has 5 nitrogen and oxygen atoms in total. The summed E-state index contributed by atoms with van der Waals surface area (Å²) in [6.07, 6.45) is 6.18. The van der Waals surface area contributed by atoms with E-state index in [2.05, 4.69) is 22.0 Å². The number of amides is 1. The fourth-order valence-corrected chi connectivity index (χ4v) is 4.01. The molecule has 1 aromatic carbocycles. The van der Waals surface area contributed by atoms with Crippen LogP contribution in [-0.4, -0.2) is 28.3 Å². The van der Waals surface area contributed by atoms with Crippen LogP contribution in [0.15, 0.2) is 36.5 Å². The molecule has 1 aliphatic carbocycles. The molecule has 2 aliphatic rings. The molecule has 0 spiro atoms. The maximum absolute atomic E-state index is 12.8. The van der Waals surface area contributed by atoms with Crippen molar-refractivity contribution >= 4 is 11.6 Å². The molecule has 1 saturated heterocycles. The van der Waals surface area contributed by atoms with Gasteiger partial charge in [-0.2, -0.15) is 5.10 Å². The summed E-state index contributed by atoms with van der Waals surface area (Å²) in [4.78, 5) is 14.7. The lowest BCUT2D eigenvalue weighted by Gasteiger charge is -2.27. The zero-order valence-electron chi connectivity index (χ0n) is 14.1. The average Bonchev–Trinajstić information content (AvgIpc) is 3.20. The Bertz CT molecular complexity index is 724. The molecule has 4 rings (SSSR count). The van der Waals surface area contributed by atoms with Crippen LogP contribution < -0.4 is 10.2 Å². The summed E-state index contributed by atoms with van der Waals surface area (Å²) in [7, 11) is 0. The van der Waals surface area contributed by atoms with Gasteiger partial charge in [0.25, 0.3) is 0 Å². The average molecular weight is 324 g/mol. The van der Waals surface area contributed by atoms with E-state index in [1.165, 1.54) is 11.3 Å². The monoisotopic (exact) mass is 324 g/mol. The minimum atomic E-state index is -0.0915. The van der Waals surface area contributed by atoms with Crippen LogP contribution in [0.2, 0.25) is 0 Å². The highest BCUT2D eigenvalue weighted by Gasteiger charge is 2.35. The molecule has 1 amide bonds. The van der Waals surface area contributed by atoms with E-state index in [4.69, 9.17) is 0 Å². The fraction of sp³-hybridized carbons (Fsp3) is 0.474. The maximum atomic E-state index is 12.8. The van der Waals surface area contributed by atoms with Crippen molar-refractivity contribution in [3.8, 4) is 0 Å². The Kier molecular flexibility index (Phi) is 4.10. The normalized spacial score (nSPS) is 23.5. The van der Waals surface area contributed by atoms with Crippen molar-refractivity contribution in [1.82, 2.24) is 15.1 Å². The molecule has 1 fully saturated rings. The standard InChI is InChI=1S/C19H24N4O/c1-2-23-18-10-6-9-16(15(18)13-20-23)21-17-11-12-22(19(17)24)14-7-4-3-5-8-14/h3-5,7-8,13,16-17,21H,2,6,9-12H2,1H3. The Morgan fingerprint density at radius 3 is 2.83 bits per heavy atom. The van der Waals surface area contributed by atoms with Crippen molar-refractivity contribution in [3.63, 3.8) is 0 Å². The van der Waals surface area contributed by atoms with E-state index in [-0.39, 0.29) is 18.0 Å². The Balaban J connectivity index is 1.49. The molecule has 2 aromatic rings. The Labute approximate surface area is 142 Å². The number of rotatable bonds is 4. The summed E-state index contributed by atoms with van der Waals surface area (Å²) < 4.78 is 2.09. The molecule has 126 valence electrons. The Morgan fingerprint density at radius 2 is 2.04 bits per heavy atom. The number of anilines is 1. The lowest BCUT2D eigenvalue weighted by molar-refractivity contribution is -0.119. The molecule has 0 saturated carbocycles. The molecule has 1 aromatic heterocycles. The molecule has 0 bridgehead atoms. The number of hydrogen-bond acceptors (Lipinski definition) is 3. The van der Waals surface area contributed by atoms with Crippen LogP contribution in [0.5, 0.6) is 0 Å². The molecule has 1 aliphatic heterocycles. The maximum Gasteiger partial charge on any atom is 0.244 e. The molecular weight excluding hydrogens is 300 g/mol. The van der Waals surface area contributed by atoms with E-state index in [9.17, 15) is 4.79 Å². The van der Waals surface area contributed by atoms with Gasteiger partial charge in [-0.1, -0.05) is 18.2 Å². The van der Waals surface area contributed by atoms with Gasteiger partial charge in [-0.05, 0) is 44.7 Å². The first-order chi connectivity index (χ1) is 11.8. The van der Waals surface area contributed by atoms with Crippen LogP contribution in [0.4, 0.5) is 5.69 Å². The SMILES string of the molecule is CCn1ncc2c1CCCC2NC1CCN(c2ccccc2)C1=O. The van der Waals surface area contributed by atoms with E-state index in [0.29, 0.717) is 0 Å². The fourth-order valence-electron chi connectivity index (χ4n) is 4.01. The third kappa shape index (κ3) is 2.63. The van der Waals surface area contributed by atoms with Gasteiger partial charge in [0.05, 0.1) is 12.2 Å². The van der Waals surface area contributed by atoms with Crippen molar-refractivity contribution in [2.75, 3.05) is 11.4 Å². The smallest absolute Gasteiger partial charge is 0.244 e. The lowest BCUT2D eigenvalue weighted by Crippen LogP contribution is -2.41. The number of para-hydroxylation sites is 1. The van der Waals surface area contributed by atoms with E-state index in [1.54, 1.807) is 0 Å². The molecule has 0 radical (unpaired) electrons. The van der Waals surface area contributed by atoms with Gasteiger partial charge in [-0.3, -0.25) is 14.8 Å². The van der Waals surface area contributed by atoms with Crippen molar-refractivity contribution in [3.05, 3.63) is 47.8 Å². The number of fused-ring (bicyclic) bond motifs is 1. The summed E-state index contributed by atoms with van der Waals surface area (Å²) in [5, 5.41) is 8.12. The van der Waals surface area contributed by atoms with E-state index in [0.717, 1.165) is 44.5 Å². The number of aromatic nitrogens is 2. The highest BCUT2D eigenvalue weighted by atomic mass is 16.2. The quantitative estimate of drug-likeness (QED) is 0.941. The van der Waals surface area contributed by atoms with E-state index in [1.807, 2.05) is 41.4 Å². The number of carbonyl (C=O) groups excluding carboxylic acids is 1. The Hall–Kier alpha value is -2.14. The molecule has 2 atom stereocenters. The molecule has 2 unspecified atom stereocenters. The van der Waals surface area contributed by atoms with Crippen LogP contribution >= 0.6 is 0 Å². The molecule has 1 N–H and O–H groups in total. The minimum Gasteiger partial charge on any atom is -0.311 e. The van der Waals surface area contributed by atoms with Crippen molar-refractivity contribution in [2.45, 2.75) is 51.2 Å². The van der Waals surface area contributed by atoms with Gasteiger partial charge in [-0.25, -0.2) is 0 Å². The third-order valence-corrected chi connectivity index (χ3v) is 5.24. The molecule has 5 heteroatoms. The largest absolute Gasteiger partial charge is 0.311 e. The van der Waals surface area contributed by atoms with Gasteiger partial charge < -0.3 is 4.90 Å². The topological polar surface area (TPSA) is 50.2 Å². The van der Waals surface area contributed by atoms with Crippen molar-refractivity contribution in [1.29, 1.82) is 0 Å². The summed E-state index contributed by atoms with van der Waals surface area (Å²) in [6, 6.07) is 10.1. The van der Waals surface area contributed by atoms with Crippen LogP contribution in [0.25, 0.3) is 0 Å². The number of hydrogen-bond donors (Lipinski definition) is 1. The highest BCUT2D eigenvalue weighted by Crippen LogP contribution is 2.31. The number of benzene rings is 1. The molecule has 24 heavy (non-hydrogen) atoms. The summed E-state index contributed by atoms with van der Waals surface area (Å²) in [5.41, 5.74) is 3.62. The van der Waals surface area contributed by atoms with Gasteiger partial charge in [-0.15, -0.1) is 0 Å². The predicted molar refractivity (Wildman–Crippen MR) is 93.9 cm³/mol. The van der Waals surface area contributed by atoms with Crippen LogP contribution in [0.3, 0.4) is 0 Å². The first kappa shape index (κ1) is 15.4. The van der Waals surface area contributed by atoms with Gasteiger partial charge in [0.15, 0.2) is 0 Å². The third-order valence-electron chi connectivity index (χ3n) is 5.24. The zero-order chi connectivity index (χ0) is 16.5. The van der Waals surface area contributed by atoms with Gasteiger partial charge >= 0.3 is 0 Å². The van der Waals surface area contributed by atoms with Gasteiger partial charge in [0.2, 0.25) is 5.91 Å². The number of nitrogens with one attached hydrogen (secondary N) is 1. The second kappa shape index (κ2) is 6.40. The van der Waals surface area contributed by atoms with Gasteiger partial charge in [0.1, 0.15) is 0 Å². The zero-order valence-corrected chi connectivity index (χ0v) is 14.1. The second-order valence-electron chi connectivity index (χ2n) is 6.64. The van der Waals surface area contributed by atoms with Crippen LogP contribution in [0.1, 0.15) is 43.5 Å². The number of aryl methyl sites for hydroxylation is 1. The summed E-state index contributed by atoms with van der Waals surface area (Å²) in [6.45, 7) is 3.82. The summed E-state index contributed by atoms with van der Waals surface area (Å²) in [5.74, 6) is 0.191. The van der Waals surface area contributed by atoms with Crippen LogP contribution in [0, 0.1) is 0 Å². The Morgan fingerprint density at radius 1 is 1.21 bits per heavy atom. The lowest BCUT2D eigenvalue weighted by atomic mass is 9.92. The predicted octanol–water partition coefficient (Wildman–Crippen LogP) is 2.68. The number of carbonyl (C=O) groups is 1. The minimum absolute atomic E-state index is 0.0915. The molecule has 2 heterocycles. The molecular formula is C19H24N4O. The first-order valence-corrected chi connectivity index (χ1v) is 8.95. The van der Waals surface area contributed by atoms with E-state index >= 15 is 0 Å². The van der Waals surface area contributed by atoms with Crippen molar-refractivity contribution < 1.29 is 4.79 Å². The number of nitrogens with zero attached hydrogens (tertiary/aromatic N) is 3.